The predicted octanol–water partition coefficient (Wildman–Crippen LogP) is 3.33. The van der Waals surface area contributed by atoms with Crippen LogP contribution in [0.3, 0.4) is 0 Å². The summed E-state index contributed by atoms with van der Waals surface area (Å²) in [6.45, 7) is 10.4. The average molecular weight is 196 g/mol. The molecule has 0 saturated carbocycles. The van der Waals surface area contributed by atoms with Crippen molar-refractivity contribution in [2.45, 2.75) is 6.92 Å². The molecule has 0 atom stereocenters. The van der Waals surface area contributed by atoms with Gasteiger partial charge in [-0.05, 0) is 19.1 Å². The summed E-state index contributed by atoms with van der Waals surface area (Å²) < 4.78 is 2.51. The summed E-state index contributed by atoms with van der Waals surface area (Å²) in [5.41, 5.74) is 1.35. The summed E-state index contributed by atoms with van der Waals surface area (Å²) in [5.74, 6) is 0. The summed E-state index contributed by atoms with van der Waals surface area (Å²) in [6.07, 6.45) is 0. The summed E-state index contributed by atoms with van der Waals surface area (Å²) in [7, 11) is -0.914. The summed E-state index contributed by atoms with van der Waals surface area (Å²) in [5, 5.41) is 0. The van der Waals surface area contributed by atoms with Crippen molar-refractivity contribution in [2.75, 3.05) is 31.2 Å². The summed E-state index contributed by atoms with van der Waals surface area (Å²) >= 11 is 0. The van der Waals surface area contributed by atoms with E-state index in [-0.39, 0.29) is 0 Å². The van der Waals surface area contributed by atoms with Gasteiger partial charge < -0.3 is 0 Å². The Labute approximate surface area is 82.2 Å². The maximum Gasteiger partial charge on any atom is 0.0961 e. The molecular formula is C11H19NP+. The highest BCUT2D eigenvalue weighted by Crippen LogP contribution is 2.52. The largest absolute Gasteiger partial charge is 0.250 e. The fourth-order valence-corrected chi connectivity index (χ4v) is 3.23. The van der Waals surface area contributed by atoms with Crippen molar-refractivity contribution in [1.82, 2.24) is 0 Å². The highest BCUT2D eigenvalue weighted by atomic mass is 31.2. The van der Waals surface area contributed by atoms with Crippen LogP contribution in [-0.2, 0) is 0 Å². The molecule has 0 saturated heterocycles. The maximum atomic E-state index is 2.51. The van der Waals surface area contributed by atoms with Crippen molar-refractivity contribution in [1.29, 1.82) is 0 Å². The average Bonchev–Trinajstić information content (AvgIpc) is 2.05. The van der Waals surface area contributed by atoms with E-state index in [0.717, 1.165) is 6.54 Å². The van der Waals surface area contributed by atoms with E-state index in [1.165, 1.54) is 5.69 Å². The Morgan fingerprint density at radius 1 is 1.08 bits per heavy atom. The number of nitrogens with zero attached hydrogens (tertiary/aromatic N) is 1. The first-order valence-electron chi connectivity index (χ1n) is 4.70. The van der Waals surface area contributed by atoms with Gasteiger partial charge in [0.2, 0.25) is 0 Å². The first kappa shape index (κ1) is 10.5. The van der Waals surface area contributed by atoms with E-state index in [4.69, 9.17) is 0 Å². The molecular weight excluding hydrogens is 177 g/mol. The molecule has 0 aliphatic rings. The lowest BCUT2D eigenvalue weighted by Gasteiger charge is -2.29. The quantitative estimate of drug-likeness (QED) is 0.670. The van der Waals surface area contributed by atoms with Crippen LogP contribution in [0.15, 0.2) is 30.3 Å². The molecule has 1 rings (SSSR count). The van der Waals surface area contributed by atoms with Crippen LogP contribution in [0.5, 0.6) is 0 Å². The second kappa shape index (κ2) is 4.11. The number of benzene rings is 1. The summed E-state index contributed by atoms with van der Waals surface area (Å²) in [6, 6.07) is 10.7. The highest BCUT2D eigenvalue weighted by Gasteiger charge is 2.26. The molecule has 1 nitrogen and oxygen atoms in total. The van der Waals surface area contributed by atoms with E-state index in [1.807, 2.05) is 0 Å². The van der Waals surface area contributed by atoms with Crippen LogP contribution in [0, 0.1) is 0 Å². The van der Waals surface area contributed by atoms with Gasteiger partial charge in [0.05, 0.1) is 39.6 Å². The number of para-hydroxylation sites is 1. The molecule has 0 amide bonds. The molecule has 1 aromatic rings. The van der Waals surface area contributed by atoms with E-state index in [9.17, 15) is 0 Å². The van der Waals surface area contributed by atoms with Crippen molar-refractivity contribution in [3.8, 4) is 0 Å². The van der Waals surface area contributed by atoms with Gasteiger partial charge in [0, 0.05) is 0 Å². The normalized spacial score (nSPS) is 11.4. The Kier molecular flexibility index (Phi) is 3.33. The number of hydrogen-bond donors (Lipinski definition) is 0. The number of hydrogen-bond acceptors (Lipinski definition) is 1. The van der Waals surface area contributed by atoms with Crippen molar-refractivity contribution in [2.24, 2.45) is 0 Å². The van der Waals surface area contributed by atoms with E-state index >= 15 is 0 Å². The van der Waals surface area contributed by atoms with Gasteiger partial charge >= 0.3 is 0 Å². The highest BCUT2D eigenvalue weighted by molar-refractivity contribution is 7.75. The smallest absolute Gasteiger partial charge is 0.0961 e. The van der Waals surface area contributed by atoms with Crippen molar-refractivity contribution in [3.05, 3.63) is 30.3 Å². The van der Waals surface area contributed by atoms with Crippen molar-refractivity contribution < 1.29 is 0 Å². The van der Waals surface area contributed by atoms with E-state index < -0.39 is 7.41 Å². The van der Waals surface area contributed by atoms with Gasteiger partial charge in [-0.25, -0.2) is 0 Å². The van der Waals surface area contributed by atoms with Crippen LogP contribution in [0.1, 0.15) is 6.92 Å². The summed E-state index contributed by atoms with van der Waals surface area (Å²) in [4.78, 5) is 0. The zero-order valence-corrected chi connectivity index (χ0v) is 9.88. The van der Waals surface area contributed by atoms with Crippen LogP contribution in [0.2, 0.25) is 0 Å². The zero-order valence-electron chi connectivity index (χ0n) is 8.99. The van der Waals surface area contributed by atoms with E-state index in [0.29, 0.717) is 0 Å². The van der Waals surface area contributed by atoms with Crippen LogP contribution >= 0.6 is 7.41 Å². The van der Waals surface area contributed by atoms with Crippen molar-refractivity contribution >= 4 is 13.1 Å². The standard InChI is InChI=1S/C11H19NP/c1-5-12(13(2,3)4)11-9-7-6-8-10-11/h6-10H,5H2,1-4H3/q+1. The third-order valence-corrected chi connectivity index (χ3v) is 4.04. The third kappa shape index (κ3) is 2.70. The Morgan fingerprint density at radius 3 is 2.00 bits per heavy atom. The van der Waals surface area contributed by atoms with Crippen LogP contribution in [-0.4, -0.2) is 26.5 Å². The number of anilines is 1. The SMILES string of the molecule is CCN(c1ccccc1)[P+](C)(C)C. The van der Waals surface area contributed by atoms with Crippen molar-refractivity contribution in [3.63, 3.8) is 0 Å². The molecule has 0 fully saturated rings. The molecule has 0 radical (unpaired) electrons. The third-order valence-electron chi connectivity index (χ3n) is 2.08. The molecule has 72 valence electrons. The lowest BCUT2D eigenvalue weighted by atomic mass is 10.3. The van der Waals surface area contributed by atoms with Gasteiger partial charge in [-0.1, -0.05) is 18.2 Å². The second-order valence-electron chi connectivity index (χ2n) is 3.99. The van der Waals surface area contributed by atoms with E-state index in [1.54, 1.807) is 0 Å². The Hall–Kier alpha value is -0.550. The monoisotopic (exact) mass is 196 g/mol. The molecule has 0 aliphatic heterocycles. The lowest BCUT2D eigenvalue weighted by Crippen LogP contribution is -2.21. The predicted molar refractivity (Wildman–Crippen MR) is 64.2 cm³/mol. The van der Waals surface area contributed by atoms with Crippen LogP contribution < -0.4 is 4.67 Å². The fourth-order valence-electron chi connectivity index (χ4n) is 1.55. The van der Waals surface area contributed by atoms with Gasteiger partial charge in [-0.2, -0.15) is 0 Å². The van der Waals surface area contributed by atoms with Crippen LogP contribution in [0.4, 0.5) is 5.69 Å². The minimum Gasteiger partial charge on any atom is -0.250 e. The maximum absolute atomic E-state index is 2.51. The molecule has 0 N–H and O–H groups in total. The first-order chi connectivity index (χ1) is 6.05. The molecule has 0 aromatic heterocycles. The molecule has 0 aliphatic carbocycles. The van der Waals surface area contributed by atoms with Gasteiger partial charge in [0.25, 0.3) is 0 Å². The molecule has 2 heteroatoms. The fraction of sp³-hybridized carbons (Fsp3) is 0.455. The zero-order chi connectivity index (χ0) is 9.90. The molecule has 13 heavy (non-hydrogen) atoms. The Bertz CT molecular complexity index is 251. The first-order valence-corrected chi connectivity index (χ1v) is 7.78. The Balaban J connectivity index is 2.92. The minimum absolute atomic E-state index is 0.914. The lowest BCUT2D eigenvalue weighted by molar-refractivity contribution is 1.09. The molecule has 1 aromatic carbocycles. The second-order valence-corrected chi connectivity index (χ2v) is 8.36. The molecule has 0 spiro atoms. The molecule has 0 unspecified atom stereocenters. The van der Waals surface area contributed by atoms with Gasteiger partial charge in [-0.3, -0.25) is 4.67 Å². The van der Waals surface area contributed by atoms with E-state index in [2.05, 4.69) is 61.9 Å². The topological polar surface area (TPSA) is 3.24 Å². The molecule has 0 bridgehead atoms. The number of rotatable bonds is 3. The van der Waals surface area contributed by atoms with Gasteiger partial charge in [-0.15, -0.1) is 0 Å². The van der Waals surface area contributed by atoms with Gasteiger partial charge in [0.15, 0.2) is 0 Å². The Morgan fingerprint density at radius 2 is 1.62 bits per heavy atom. The van der Waals surface area contributed by atoms with Gasteiger partial charge in [0.1, 0.15) is 0 Å². The minimum atomic E-state index is -0.914. The van der Waals surface area contributed by atoms with Crippen LogP contribution in [0.25, 0.3) is 0 Å². The molecule has 0 heterocycles.